The summed E-state index contributed by atoms with van der Waals surface area (Å²) in [6.07, 6.45) is -3.87. The van der Waals surface area contributed by atoms with Gasteiger partial charge in [0.25, 0.3) is 6.23 Å². The van der Waals surface area contributed by atoms with E-state index in [-0.39, 0.29) is 0 Å². The predicted molar refractivity (Wildman–Crippen MR) is 148 cm³/mol. The number of anilines is 1. The lowest BCUT2D eigenvalue weighted by Gasteiger charge is -2.22. The van der Waals surface area contributed by atoms with Gasteiger partial charge in [-0.1, -0.05) is 65.0 Å². The molecule has 1 N–H and O–H groups in total. The Bertz CT molecular complexity index is 1510. The maximum atomic E-state index is 13.3. The van der Waals surface area contributed by atoms with Crippen molar-refractivity contribution in [2.45, 2.75) is 32.4 Å². The molecule has 0 amide bonds. The van der Waals surface area contributed by atoms with Crippen molar-refractivity contribution in [1.82, 2.24) is 10.3 Å². The summed E-state index contributed by atoms with van der Waals surface area (Å²) in [5, 5.41) is 7.50. The minimum Gasteiger partial charge on any atom is -0.375 e. The number of aromatic nitrogens is 1. The molecule has 7 nitrogen and oxygen atoms in total. The number of hydrogen-bond donors (Lipinski definition) is 1. The molecule has 4 aromatic rings. The Morgan fingerprint density at radius 2 is 1.90 bits per heavy atom. The molecule has 1 aliphatic rings. The summed E-state index contributed by atoms with van der Waals surface area (Å²) in [5.74, 6) is 0.506. The third-order valence-corrected chi connectivity index (χ3v) is 7.55. The van der Waals surface area contributed by atoms with Crippen molar-refractivity contribution in [2.75, 3.05) is 24.6 Å². The normalized spacial score (nSPS) is 15.0. The minimum absolute atomic E-state index is 0.431. The number of thiazole rings is 1. The van der Waals surface area contributed by atoms with E-state index in [1.165, 1.54) is 17.4 Å². The van der Waals surface area contributed by atoms with Gasteiger partial charge in [0, 0.05) is 18.7 Å². The predicted octanol–water partition coefficient (Wildman–Crippen LogP) is 5.70. The maximum Gasteiger partial charge on any atom is 0.416 e. The topological polar surface area (TPSA) is 76.1 Å². The van der Waals surface area contributed by atoms with Crippen molar-refractivity contribution in [3.05, 3.63) is 94.5 Å². The van der Waals surface area contributed by atoms with E-state index in [1.807, 2.05) is 55.5 Å². The molecule has 0 bridgehead atoms. The number of hydrogen-bond acceptors (Lipinski definition) is 8. The number of oxime groups is 1. The van der Waals surface area contributed by atoms with Gasteiger partial charge in [-0.3, -0.25) is 4.79 Å². The summed E-state index contributed by atoms with van der Waals surface area (Å²) in [5.41, 5.74) is 3.79. The minimum atomic E-state index is -4.41. The van der Waals surface area contributed by atoms with Gasteiger partial charge in [-0.15, -0.1) is 0 Å². The fourth-order valence-corrected chi connectivity index (χ4v) is 5.42. The second-order valence-electron chi connectivity index (χ2n) is 9.35. The van der Waals surface area contributed by atoms with Crippen LogP contribution in [0.2, 0.25) is 0 Å². The number of amidine groups is 1. The van der Waals surface area contributed by atoms with Gasteiger partial charge in [-0.25, -0.2) is 4.98 Å². The average molecular weight is 569 g/mol. The number of nitrogens with one attached hydrogen (secondary N) is 1. The molecule has 11 heteroatoms. The van der Waals surface area contributed by atoms with Crippen LogP contribution in [-0.2, 0) is 33.6 Å². The Morgan fingerprint density at radius 3 is 2.62 bits per heavy atom. The molecule has 1 atom stereocenters. The fourth-order valence-electron chi connectivity index (χ4n) is 4.36. The van der Waals surface area contributed by atoms with Gasteiger partial charge in [0.2, 0.25) is 0 Å². The molecule has 0 saturated heterocycles. The first-order valence-electron chi connectivity index (χ1n) is 12.7. The van der Waals surface area contributed by atoms with Crippen LogP contribution in [0.15, 0.2) is 71.9 Å². The van der Waals surface area contributed by atoms with Crippen molar-refractivity contribution < 1.29 is 27.5 Å². The zero-order chi connectivity index (χ0) is 28.1. The van der Waals surface area contributed by atoms with Crippen molar-refractivity contribution >= 4 is 38.8 Å². The Labute approximate surface area is 233 Å². The van der Waals surface area contributed by atoms with Crippen molar-refractivity contribution in [2.24, 2.45) is 5.16 Å². The van der Waals surface area contributed by atoms with Crippen molar-refractivity contribution in [1.29, 1.82) is 0 Å². The average Bonchev–Trinajstić information content (AvgIpc) is 3.59. The number of aryl methyl sites for hydroxylation is 1. The fraction of sp³-hybridized carbons (Fsp3) is 0.276. The van der Waals surface area contributed by atoms with Crippen molar-refractivity contribution in [3.8, 4) is 0 Å². The molecule has 0 radical (unpaired) electrons. The number of halogens is 3. The number of carbonyl (C=O) groups is 1. The highest BCUT2D eigenvalue weighted by molar-refractivity contribution is 7.22. The number of nitrogens with zero attached hydrogens (tertiary/aromatic N) is 3. The van der Waals surface area contributed by atoms with Crippen LogP contribution >= 0.6 is 11.3 Å². The lowest BCUT2D eigenvalue weighted by molar-refractivity contribution is -0.137. The summed E-state index contributed by atoms with van der Waals surface area (Å²) in [7, 11) is 0. The first kappa shape index (κ1) is 27.6. The first-order valence-corrected chi connectivity index (χ1v) is 13.5. The highest BCUT2D eigenvalue weighted by Gasteiger charge is 2.31. The molecule has 5 rings (SSSR count). The standard InChI is InChI=1S/C29H27F3N4O3S/c1-19-15-20(7-9-23(19)27-34-26(17-37)39-35-27)11-12-36(13-14-38-18-21-5-3-2-4-6-21)28-33-24-10-8-22(29(30,31)32)16-25(24)40-28/h2-10,15-17,26H,11-14,18H2,1H3,(H,34,35). The molecule has 2 heterocycles. The largest absolute Gasteiger partial charge is 0.416 e. The van der Waals surface area contributed by atoms with Crippen molar-refractivity contribution in [3.63, 3.8) is 0 Å². The number of alkyl halides is 3. The molecule has 3 aromatic carbocycles. The molecular weight excluding hydrogens is 541 g/mol. The van der Waals surface area contributed by atoms with Gasteiger partial charge in [0.15, 0.2) is 17.3 Å². The van der Waals surface area contributed by atoms with Crippen LogP contribution < -0.4 is 10.2 Å². The Morgan fingerprint density at radius 1 is 1.07 bits per heavy atom. The molecule has 40 heavy (non-hydrogen) atoms. The lowest BCUT2D eigenvalue weighted by atomic mass is 10.0. The monoisotopic (exact) mass is 568 g/mol. The maximum absolute atomic E-state index is 13.3. The van der Waals surface area contributed by atoms with Gasteiger partial charge in [-0.2, -0.15) is 13.2 Å². The van der Waals surface area contributed by atoms with E-state index in [4.69, 9.17) is 9.57 Å². The highest BCUT2D eigenvalue weighted by atomic mass is 32.1. The van der Waals surface area contributed by atoms with Gasteiger partial charge >= 0.3 is 6.18 Å². The molecule has 1 aromatic heterocycles. The number of fused-ring (bicyclic) bond motifs is 1. The van der Waals surface area contributed by atoms with E-state index in [9.17, 15) is 18.0 Å². The van der Waals surface area contributed by atoms with E-state index < -0.39 is 18.0 Å². The number of rotatable bonds is 11. The van der Waals surface area contributed by atoms with Crippen LogP contribution in [-0.4, -0.2) is 43.0 Å². The van der Waals surface area contributed by atoms with E-state index in [1.54, 1.807) is 0 Å². The second-order valence-corrected chi connectivity index (χ2v) is 10.4. The Kier molecular flexibility index (Phi) is 8.32. The third-order valence-electron chi connectivity index (χ3n) is 6.47. The highest BCUT2D eigenvalue weighted by Crippen LogP contribution is 2.35. The summed E-state index contributed by atoms with van der Waals surface area (Å²) in [6.45, 7) is 3.98. The SMILES string of the molecule is Cc1cc(CCN(CCOCc2ccccc2)c2nc3ccc(C(F)(F)F)cc3s2)ccc1C1=NOC(C=O)N1. The summed E-state index contributed by atoms with van der Waals surface area (Å²) < 4.78 is 46.2. The number of aldehydes is 1. The van der Waals surface area contributed by atoms with E-state index in [0.29, 0.717) is 60.2 Å². The first-order chi connectivity index (χ1) is 19.3. The van der Waals surface area contributed by atoms with Crippen LogP contribution in [0, 0.1) is 6.92 Å². The third kappa shape index (κ3) is 6.60. The molecule has 0 saturated carbocycles. The molecule has 0 spiro atoms. The van der Waals surface area contributed by atoms with Crippen LogP contribution in [0.25, 0.3) is 10.2 Å². The Hall–Kier alpha value is -3.96. The van der Waals surface area contributed by atoms with Crippen LogP contribution in [0.1, 0.15) is 27.8 Å². The smallest absolute Gasteiger partial charge is 0.375 e. The summed E-state index contributed by atoms with van der Waals surface area (Å²) in [6, 6.07) is 19.4. The second kappa shape index (κ2) is 12.1. The summed E-state index contributed by atoms with van der Waals surface area (Å²) >= 11 is 1.24. The molecule has 0 fully saturated rings. The zero-order valence-electron chi connectivity index (χ0n) is 21.6. The molecule has 0 aliphatic carbocycles. The molecule has 1 unspecified atom stereocenters. The van der Waals surface area contributed by atoms with Gasteiger partial charge in [0.1, 0.15) is 0 Å². The molecular formula is C29H27F3N4O3S. The zero-order valence-corrected chi connectivity index (χ0v) is 22.5. The number of benzene rings is 3. The molecule has 208 valence electrons. The van der Waals surface area contributed by atoms with E-state index in [0.717, 1.165) is 34.4 Å². The van der Waals surface area contributed by atoms with Gasteiger partial charge in [-0.05, 0) is 48.2 Å². The Balaban J connectivity index is 1.30. The quantitative estimate of drug-likeness (QED) is 0.185. The number of ether oxygens (including phenoxy) is 1. The van der Waals surface area contributed by atoms with Crippen LogP contribution in [0.4, 0.5) is 18.3 Å². The van der Waals surface area contributed by atoms with Gasteiger partial charge in [0.05, 0.1) is 29.0 Å². The van der Waals surface area contributed by atoms with Crippen LogP contribution in [0.3, 0.4) is 0 Å². The van der Waals surface area contributed by atoms with E-state index >= 15 is 0 Å². The van der Waals surface area contributed by atoms with E-state index in [2.05, 4.69) is 20.4 Å². The lowest BCUT2D eigenvalue weighted by Crippen LogP contribution is -2.31. The summed E-state index contributed by atoms with van der Waals surface area (Å²) in [4.78, 5) is 22.7. The number of carbonyl (C=O) groups excluding carboxylic acids is 1. The molecule has 1 aliphatic heterocycles. The van der Waals surface area contributed by atoms with Gasteiger partial charge < -0.3 is 19.8 Å². The van der Waals surface area contributed by atoms with Crippen LogP contribution in [0.5, 0.6) is 0 Å².